The molecule has 1 aromatic rings. The molecule has 9 heteroatoms. The monoisotopic (exact) mass is 254 g/mol. The van der Waals surface area contributed by atoms with Gasteiger partial charge in [-0.25, -0.2) is 8.78 Å². The lowest BCUT2D eigenvalue weighted by Gasteiger charge is -2.04. The fraction of sp³-hybridized carbons (Fsp3) is 0.143. The van der Waals surface area contributed by atoms with E-state index in [-0.39, 0.29) is 6.20 Å². The van der Waals surface area contributed by atoms with E-state index in [1.54, 1.807) is 0 Å². The van der Waals surface area contributed by atoms with Gasteiger partial charge in [0, 0.05) is 0 Å². The van der Waals surface area contributed by atoms with Crippen molar-refractivity contribution in [1.82, 2.24) is 4.98 Å². The summed E-state index contributed by atoms with van der Waals surface area (Å²) in [6.07, 6.45) is -3.03. The lowest BCUT2D eigenvalue weighted by Crippen LogP contribution is -2.08. The van der Waals surface area contributed by atoms with Crippen LogP contribution >= 0.6 is 11.6 Å². The van der Waals surface area contributed by atoms with Crippen molar-refractivity contribution in [2.75, 3.05) is 0 Å². The average molecular weight is 255 g/mol. The van der Waals surface area contributed by atoms with Crippen molar-refractivity contribution in [2.45, 2.75) is 6.43 Å². The Labute approximate surface area is 91.0 Å². The smallest absolute Gasteiger partial charge is 0.275 e. The summed E-state index contributed by atoms with van der Waals surface area (Å²) in [6.45, 7) is 0. The number of rotatable bonds is 3. The zero-order chi connectivity index (χ0) is 12.5. The Balaban J connectivity index is 3.63. The minimum absolute atomic E-state index is 0.239. The summed E-state index contributed by atoms with van der Waals surface area (Å²) in [4.78, 5) is 22.8. The maximum Gasteiger partial charge on any atom is 0.320 e. The molecule has 16 heavy (non-hydrogen) atoms. The van der Waals surface area contributed by atoms with Crippen LogP contribution in [0.25, 0.3) is 0 Å². The molecule has 1 aromatic heterocycles. The lowest BCUT2D eigenvalue weighted by atomic mass is 10.1. The Morgan fingerprint density at radius 3 is 2.50 bits per heavy atom. The molecule has 0 N–H and O–H groups in total. The highest BCUT2D eigenvalue weighted by molar-refractivity contribution is 6.68. The lowest BCUT2D eigenvalue weighted by molar-refractivity contribution is -0.387. The molecule has 0 aliphatic rings. The second-order valence-electron chi connectivity index (χ2n) is 2.55. The number of carbonyl (C=O) groups is 1. The van der Waals surface area contributed by atoms with Gasteiger partial charge in [-0.15, -0.1) is 0 Å². The number of pyridine rings is 1. The molecule has 0 unspecified atom stereocenters. The van der Waals surface area contributed by atoms with Gasteiger partial charge in [-0.2, -0.15) is 4.39 Å². The van der Waals surface area contributed by atoms with E-state index in [1.807, 2.05) is 0 Å². The first-order chi connectivity index (χ1) is 7.36. The van der Waals surface area contributed by atoms with Crippen LogP contribution in [-0.4, -0.2) is 15.1 Å². The molecule has 1 rings (SSSR count). The average Bonchev–Trinajstić information content (AvgIpc) is 2.15. The van der Waals surface area contributed by atoms with E-state index in [4.69, 9.17) is 11.6 Å². The summed E-state index contributed by atoms with van der Waals surface area (Å²) >= 11 is 4.89. The van der Waals surface area contributed by atoms with Gasteiger partial charge in [-0.05, 0) is 11.6 Å². The first-order valence-corrected chi connectivity index (χ1v) is 4.04. The molecule has 0 saturated carbocycles. The minimum Gasteiger partial charge on any atom is -0.275 e. The van der Waals surface area contributed by atoms with E-state index in [0.717, 1.165) is 0 Å². The predicted molar refractivity (Wildman–Crippen MR) is 46.0 cm³/mol. The Hall–Kier alpha value is -1.70. The van der Waals surface area contributed by atoms with Gasteiger partial charge in [0.05, 0.1) is 11.1 Å². The van der Waals surface area contributed by atoms with E-state index in [0.29, 0.717) is 0 Å². The molecule has 0 radical (unpaired) electrons. The third kappa shape index (κ3) is 2.11. The fourth-order valence-electron chi connectivity index (χ4n) is 1.03. The topological polar surface area (TPSA) is 73.1 Å². The molecule has 0 saturated heterocycles. The maximum atomic E-state index is 12.9. The number of nitrogens with zero attached hydrogens (tertiary/aromatic N) is 2. The first kappa shape index (κ1) is 12.4. The molecule has 0 aliphatic carbocycles. The summed E-state index contributed by atoms with van der Waals surface area (Å²) in [6, 6.07) is 0. The Morgan fingerprint density at radius 1 is 1.56 bits per heavy atom. The van der Waals surface area contributed by atoms with Gasteiger partial charge < -0.3 is 0 Å². The van der Waals surface area contributed by atoms with E-state index in [1.165, 1.54) is 0 Å². The van der Waals surface area contributed by atoms with Crippen molar-refractivity contribution in [3.63, 3.8) is 0 Å². The number of nitro groups is 1. The zero-order valence-electron chi connectivity index (χ0n) is 7.29. The molecule has 0 fully saturated rings. The van der Waals surface area contributed by atoms with Crippen LogP contribution in [0.4, 0.5) is 18.9 Å². The molecule has 5 nitrogen and oxygen atoms in total. The van der Waals surface area contributed by atoms with Crippen LogP contribution in [0.5, 0.6) is 0 Å². The molecule has 0 bridgehead atoms. The minimum atomic E-state index is -3.27. The van der Waals surface area contributed by atoms with Crippen LogP contribution in [0, 0.1) is 15.9 Å². The third-order valence-corrected chi connectivity index (χ3v) is 1.81. The molecular weight excluding hydrogens is 253 g/mol. The molecule has 0 aliphatic heterocycles. The molecule has 0 spiro atoms. The molecule has 1 heterocycles. The van der Waals surface area contributed by atoms with Gasteiger partial charge in [0.15, 0.2) is 0 Å². The van der Waals surface area contributed by atoms with Crippen LogP contribution in [0.3, 0.4) is 0 Å². The van der Waals surface area contributed by atoms with Crippen LogP contribution in [0.1, 0.15) is 22.5 Å². The van der Waals surface area contributed by atoms with Crippen molar-refractivity contribution in [1.29, 1.82) is 0 Å². The third-order valence-electron chi connectivity index (χ3n) is 1.62. The summed E-state index contributed by atoms with van der Waals surface area (Å²) in [5.41, 5.74) is -3.83. The zero-order valence-corrected chi connectivity index (χ0v) is 8.04. The second kappa shape index (κ2) is 4.44. The summed E-state index contributed by atoms with van der Waals surface area (Å²) < 4.78 is 37.6. The molecule has 0 amide bonds. The van der Waals surface area contributed by atoms with Crippen molar-refractivity contribution in [3.8, 4) is 0 Å². The van der Waals surface area contributed by atoms with Gasteiger partial charge in [0.2, 0.25) is 5.82 Å². The van der Waals surface area contributed by atoms with E-state index < -0.39 is 39.4 Å². The molecular formula is C7H2ClF3N2O3. The van der Waals surface area contributed by atoms with Crippen LogP contribution in [-0.2, 0) is 0 Å². The predicted octanol–water partition coefficient (Wildman–Crippen LogP) is 2.45. The highest BCUT2D eigenvalue weighted by atomic mass is 35.5. The van der Waals surface area contributed by atoms with Gasteiger partial charge in [-0.3, -0.25) is 19.9 Å². The summed E-state index contributed by atoms with van der Waals surface area (Å²) in [7, 11) is 0. The normalized spacial score (nSPS) is 10.6. The van der Waals surface area contributed by atoms with Crippen molar-refractivity contribution in [2.24, 2.45) is 0 Å². The number of aromatic nitrogens is 1. The highest BCUT2D eigenvalue weighted by Crippen LogP contribution is 2.31. The Kier molecular flexibility index (Phi) is 3.43. The standard InChI is InChI=1S/C7H2ClF3N2O3/c8-6(14)3-4(7(10)11)12-1-2(9)5(3)13(15)16/h1,7H. The van der Waals surface area contributed by atoms with E-state index >= 15 is 0 Å². The number of carbonyl (C=O) groups excluding carboxylic acids is 1. The van der Waals surface area contributed by atoms with Crippen molar-refractivity contribution < 1.29 is 22.9 Å². The van der Waals surface area contributed by atoms with Crippen LogP contribution < -0.4 is 0 Å². The first-order valence-electron chi connectivity index (χ1n) is 3.67. The van der Waals surface area contributed by atoms with E-state index in [2.05, 4.69) is 4.98 Å². The Bertz CT molecular complexity index is 466. The second-order valence-corrected chi connectivity index (χ2v) is 2.89. The Morgan fingerprint density at radius 2 is 2.12 bits per heavy atom. The summed E-state index contributed by atoms with van der Waals surface area (Å²) in [5, 5.41) is 8.84. The maximum absolute atomic E-state index is 12.9. The van der Waals surface area contributed by atoms with E-state index in [9.17, 15) is 28.1 Å². The van der Waals surface area contributed by atoms with Crippen LogP contribution in [0.15, 0.2) is 6.20 Å². The quantitative estimate of drug-likeness (QED) is 0.472. The van der Waals surface area contributed by atoms with Crippen LogP contribution in [0.2, 0.25) is 0 Å². The van der Waals surface area contributed by atoms with Gasteiger partial charge in [-0.1, -0.05) is 0 Å². The number of halogens is 4. The number of hydrogen-bond acceptors (Lipinski definition) is 4. The number of hydrogen-bond donors (Lipinski definition) is 0. The van der Waals surface area contributed by atoms with Gasteiger partial charge in [0.1, 0.15) is 11.3 Å². The van der Waals surface area contributed by atoms with Crippen molar-refractivity contribution >= 4 is 22.5 Å². The van der Waals surface area contributed by atoms with Gasteiger partial charge >= 0.3 is 5.69 Å². The SMILES string of the molecule is O=C(Cl)c1c(C(F)F)ncc(F)c1[N+](=O)[O-]. The molecule has 0 aromatic carbocycles. The summed E-state index contributed by atoms with van der Waals surface area (Å²) in [5.74, 6) is -1.50. The molecule has 86 valence electrons. The largest absolute Gasteiger partial charge is 0.320 e. The molecule has 0 atom stereocenters. The van der Waals surface area contributed by atoms with Crippen molar-refractivity contribution in [3.05, 3.63) is 33.4 Å². The fourth-order valence-corrected chi connectivity index (χ4v) is 1.22. The highest BCUT2D eigenvalue weighted by Gasteiger charge is 2.32. The van der Waals surface area contributed by atoms with Gasteiger partial charge in [0.25, 0.3) is 11.7 Å². The number of alkyl halides is 2.